The maximum Gasteiger partial charge on any atom is 0.186 e. The van der Waals surface area contributed by atoms with Crippen molar-refractivity contribution in [2.24, 2.45) is 0 Å². The fourth-order valence-corrected chi connectivity index (χ4v) is 3.93. The lowest BCUT2D eigenvalue weighted by molar-refractivity contribution is 0.153. The molecule has 4 heteroatoms. The first-order valence-electron chi connectivity index (χ1n) is 7.57. The number of aromatic nitrogens is 1. The number of unbranched alkanes of at least 4 members (excludes halogenated alkanes) is 2. The summed E-state index contributed by atoms with van der Waals surface area (Å²) < 4.78 is 0. The molecule has 0 aliphatic heterocycles. The van der Waals surface area contributed by atoms with Gasteiger partial charge in [-0.15, -0.1) is 11.3 Å². The van der Waals surface area contributed by atoms with Crippen LogP contribution in [0.4, 0.5) is 5.13 Å². The van der Waals surface area contributed by atoms with E-state index < -0.39 is 0 Å². The normalized spacial score (nSPS) is 18.7. The number of nitrogens with zero attached hydrogens (tertiary/aromatic N) is 2. The van der Waals surface area contributed by atoms with E-state index in [1.807, 2.05) is 0 Å². The molecule has 0 amide bonds. The van der Waals surface area contributed by atoms with Crippen molar-refractivity contribution in [3.8, 4) is 0 Å². The average molecular weight is 282 g/mol. The van der Waals surface area contributed by atoms with E-state index in [0.29, 0.717) is 6.04 Å². The van der Waals surface area contributed by atoms with E-state index in [2.05, 4.69) is 25.7 Å². The van der Waals surface area contributed by atoms with Gasteiger partial charge in [0.2, 0.25) is 0 Å². The van der Waals surface area contributed by atoms with Gasteiger partial charge in [-0.1, -0.05) is 19.8 Å². The summed E-state index contributed by atoms with van der Waals surface area (Å²) in [6.07, 6.45) is 6.46. The van der Waals surface area contributed by atoms with Crippen LogP contribution in [0, 0.1) is 0 Å². The molecule has 0 radical (unpaired) electrons. The topological polar surface area (TPSA) is 36.4 Å². The van der Waals surface area contributed by atoms with Crippen molar-refractivity contribution in [1.82, 2.24) is 4.98 Å². The van der Waals surface area contributed by atoms with Gasteiger partial charge in [-0.2, -0.15) is 0 Å². The Bertz CT molecular complexity index is 403. The number of aliphatic hydroxyl groups excluding tert-OH is 1. The molecule has 0 spiro atoms. The lowest BCUT2D eigenvalue weighted by Crippen LogP contribution is -2.31. The average Bonchev–Trinajstić information content (AvgIpc) is 2.79. The largest absolute Gasteiger partial charge is 0.387 e. The van der Waals surface area contributed by atoms with Crippen molar-refractivity contribution in [2.75, 3.05) is 11.4 Å². The molecule has 1 unspecified atom stereocenters. The van der Waals surface area contributed by atoms with Gasteiger partial charge in [-0.05, 0) is 39.5 Å². The second kappa shape index (κ2) is 6.71. The van der Waals surface area contributed by atoms with Crippen LogP contribution in [0.2, 0.25) is 0 Å². The second-order valence-electron chi connectivity index (χ2n) is 5.71. The Morgan fingerprint density at radius 3 is 2.84 bits per heavy atom. The maximum absolute atomic E-state index is 10.0. The Labute approximate surface area is 120 Å². The van der Waals surface area contributed by atoms with Crippen molar-refractivity contribution < 1.29 is 5.11 Å². The van der Waals surface area contributed by atoms with Crippen LogP contribution >= 0.6 is 11.3 Å². The molecule has 1 aliphatic carbocycles. The SMILES string of the molecule is CCCCCN(c1nc2c(s1)CCCC2O)C(C)C. The Morgan fingerprint density at radius 2 is 2.21 bits per heavy atom. The van der Waals surface area contributed by atoms with Gasteiger partial charge in [0.05, 0.1) is 11.8 Å². The van der Waals surface area contributed by atoms with Gasteiger partial charge in [0.15, 0.2) is 5.13 Å². The number of fused-ring (bicyclic) bond motifs is 1. The van der Waals surface area contributed by atoms with E-state index in [4.69, 9.17) is 4.98 Å². The lowest BCUT2D eigenvalue weighted by atomic mass is 10.0. The molecule has 19 heavy (non-hydrogen) atoms. The summed E-state index contributed by atoms with van der Waals surface area (Å²) in [7, 11) is 0. The number of rotatable bonds is 6. The molecule has 1 aromatic rings. The standard InChI is InChI=1S/C15H26N2OS/c1-4-5-6-10-17(11(2)3)15-16-14-12(18)8-7-9-13(14)19-15/h11-12,18H,4-10H2,1-3H3. The van der Waals surface area contributed by atoms with Crippen molar-refractivity contribution in [3.05, 3.63) is 10.6 Å². The van der Waals surface area contributed by atoms with E-state index in [0.717, 1.165) is 36.6 Å². The number of hydrogen-bond acceptors (Lipinski definition) is 4. The highest BCUT2D eigenvalue weighted by molar-refractivity contribution is 7.15. The van der Waals surface area contributed by atoms with Crippen LogP contribution in [0.25, 0.3) is 0 Å². The van der Waals surface area contributed by atoms with Crippen LogP contribution in [0.15, 0.2) is 0 Å². The van der Waals surface area contributed by atoms with E-state index in [-0.39, 0.29) is 6.10 Å². The van der Waals surface area contributed by atoms with Gasteiger partial charge in [0, 0.05) is 17.5 Å². The Hall–Kier alpha value is -0.610. The highest BCUT2D eigenvalue weighted by Gasteiger charge is 2.25. The Balaban J connectivity index is 2.13. The fraction of sp³-hybridized carbons (Fsp3) is 0.800. The number of thiazole rings is 1. The molecule has 0 saturated carbocycles. The molecular formula is C15H26N2OS. The summed E-state index contributed by atoms with van der Waals surface area (Å²) in [6, 6.07) is 0.474. The highest BCUT2D eigenvalue weighted by atomic mass is 32.1. The van der Waals surface area contributed by atoms with Gasteiger partial charge >= 0.3 is 0 Å². The Morgan fingerprint density at radius 1 is 1.42 bits per heavy atom. The monoisotopic (exact) mass is 282 g/mol. The van der Waals surface area contributed by atoms with Crippen molar-refractivity contribution >= 4 is 16.5 Å². The minimum Gasteiger partial charge on any atom is -0.387 e. The second-order valence-corrected chi connectivity index (χ2v) is 6.77. The van der Waals surface area contributed by atoms with E-state index in [1.165, 1.54) is 24.1 Å². The quantitative estimate of drug-likeness (QED) is 0.803. The molecular weight excluding hydrogens is 256 g/mol. The van der Waals surface area contributed by atoms with E-state index >= 15 is 0 Å². The molecule has 1 atom stereocenters. The van der Waals surface area contributed by atoms with Gasteiger partial charge in [-0.25, -0.2) is 4.98 Å². The number of aryl methyl sites for hydroxylation is 1. The smallest absolute Gasteiger partial charge is 0.186 e. The summed E-state index contributed by atoms with van der Waals surface area (Å²) in [5.74, 6) is 0. The molecule has 0 saturated heterocycles. The van der Waals surface area contributed by atoms with Crippen molar-refractivity contribution in [2.45, 2.75) is 71.4 Å². The number of anilines is 1. The molecule has 108 valence electrons. The first-order chi connectivity index (χ1) is 9.13. The third-order valence-corrected chi connectivity index (χ3v) is 4.95. The zero-order valence-corrected chi connectivity index (χ0v) is 13.2. The summed E-state index contributed by atoms with van der Waals surface area (Å²) in [5.41, 5.74) is 0.951. The molecule has 1 N–H and O–H groups in total. The molecule has 0 aromatic carbocycles. The first-order valence-corrected chi connectivity index (χ1v) is 8.39. The van der Waals surface area contributed by atoms with Crippen molar-refractivity contribution in [1.29, 1.82) is 0 Å². The lowest BCUT2D eigenvalue weighted by Gasteiger charge is -2.26. The van der Waals surface area contributed by atoms with Crippen LogP contribution in [-0.4, -0.2) is 22.7 Å². The molecule has 1 aliphatic rings. The van der Waals surface area contributed by atoms with Crippen LogP contribution < -0.4 is 4.90 Å². The minimum atomic E-state index is -0.335. The summed E-state index contributed by atoms with van der Waals surface area (Å²) in [5, 5.41) is 11.1. The van der Waals surface area contributed by atoms with Crippen LogP contribution in [-0.2, 0) is 6.42 Å². The third kappa shape index (κ3) is 3.48. The summed E-state index contributed by atoms with van der Waals surface area (Å²) in [6.45, 7) is 7.76. The number of aliphatic hydroxyl groups is 1. The zero-order valence-electron chi connectivity index (χ0n) is 12.4. The fourth-order valence-electron chi connectivity index (χ4n) is 2.61. The maximum atomic E-state index is 10.0. The summed E-state index contributed by atoms with van der Waals surface area (Å²) >= 11 is 1.79. The molecule has 0 fully saturated rings. The predicted molar refractivity (Wildman–Crippen MR) is 82.0 cm³/mol. The van der Waals surface area contributed by atoms with Crippen LogP contribution in [0.5, 0.6) is 0 Å². The minimum absolute atomic E-state index is 0.335. The van der Waals surface area contributed by atoms with Gasteiger partial charge in [-0.3, -0.25) is 0 Å². The molecule has 1 heterocycles. The van der Waals surface area contributed by atoms with Crippen LogP contribution in [0.1, 0.15) is 69.6 Å². The summed E-state index contributed by atoms with van der Waals surface area (Å²) in [4.78, 5) is 8.42. The zero-order chi connectivity index (χ0) is 13.8. The molecule has 0 bridgehead atoms. The highest BCUT2D eigenvalue weighted by Crippen LogP contribution is 2.37. The third-order valence-electron chi connectivity index (χ3n) is 3.78. The Kier molecular flexibility index (Phi) is 5.22. The molecule has 2 rings (SSSR count). The predicted octanol–water partition coefficient (Wildman–Crippen LogP) is 3.92. The molecule has 3 nitrogen and oxygen atoms in total. The first kappa shape index (κ1) is 14.8. The van der Waals surface area contributed by atoms with E-state index in [1.54, 1.807) is 11.3 Å². The van der Waals surface area contributed by atoms with Gasteiger partial charge in [0.25, 0.3) is 0 Å². The van der Waals surface area contributed by atoms with Crippen LogP contribution in [0.3, 0.4) is 0 Å². The number of hydrogen-bond donors (Lipinski definition) is 1. The van der Waals surface area contributed by atoms with Gasteiger partial charge in [0.1, 0.15) is 0 Å². The van der Waals surface area contributed by atoms with Crippen molar-refractivity contribution in [3.63, 3.8) is 0 Å². The molecule has 1 aromatic heterocycles. The van der Waals surface area contributed by atoms with E-state index in [9.17, 15) is 5.11 Å². The van der Waals surface area contributed by atoms with Gasteiger partial charge < -0.3 is 10.0 Å².